The van der Waals surface area contributed by atoms with Gasteiger partial charge in [-0.1, -0.05) is 6.92 Å². The molecule has 1 fully saturated rings. The van der Waals surface area contributed by atoms with Crippen LogP contribution in [0, 0.1) is 0 Å². The van der Waals surface area contributed by atoms with Crippen molar-refractivity contribution in [1.82, 2.24) is 15.1 Å². The summed E-state index contributed by atoms with van der Waals surface area (Å²) in [6.07, 6.45) is 0.369. The molecule has 17 heavy (non-hydrogen) atoms. The Balaban J connectivity index is 2.06. The molecule has 1 aliphatic heterocycles. The van der Waals surface area contributed by atoms with E-state index in [9.17, 15) is 0 Å². The molecule has 1 atom stereocenters. The SMILES string of the molecule is CCN1CCOC(CNCCN(C)C(C)C)C1. The molecule has 0 aromatic carbocycles. The van der Waals surface area contributed by atoms with Gasteiger partial charge in [-0.25, -0.2) is 0 Å². The second-order valence-electron chi connectivity index (χ2n) is 5.16. The molecule has 1 unspecified atom stereocenters. The number of likely N-dealkylation sites (N-methyl/N-ethyl adjacent to an activating group) is 2. The average molecular weight is 243 g/mol. The van der Waals surface area contributed by atoms with Gasteiger partial charge in [-0.2, -0.15) is 0 Å². The van der Waals surface area contributed by atoms with Crippen LogP contribution in [-0.2, 0) is 4.74 Å². The first kappa shape index (κ1) is 14.9. The van der Waals surface area contributed by atoms with E-state index >= 15 is 0 Å². The Kier molecular flexibility index (Phi) is 7.04. The van der Waals surface area contributed by atoms with E-state index in [-0.39, 0.29) is 0 Å². The van der Waals surface area contributed by atoms with Gasteiger partial charge in [0, 0.05) is 38.8 Å². The van der Waals surface area contributed by atoms with Crippen molar-refractivity contribution in [2.45, 2.75) is 32.9 Å². The molecule has 102 valence electrons. The lowest BCUT2D eigenvalue weighted by Crippen LogP contribution is -2.47. The minimum absolute atomic E-state index is 0.369. The Bertz CT molecular complexity index is 199. The van der Waals surface area contributed by atoms with Gasteiger partial charge in [0.2, 0.25) is 0 Å². The lowest BCUT2D eigenvalue weighted by molar-refractivity contribution is -0.0253. The third kappa shape index (κ3) is 5.82. The minimum atomic E-state index is 0.369. The van der Waals surface area contributed by atoms with Crippen LogP contribution in [0.2, 0.25) is 0 Å². The first-order valence-electron chi connectivity index (χ1n) is 6.88. The van der Waals surface area contributed by atoms with Gasteiger partial charge in [0.1, 0.15) is 0 Å². The second-order valence-corrected chi connectivity index (χ2v) is 5.16. The molecule has 1 heterocycles. The molecule has 0 aliphatic carbocycles. The van der Waals surface area contributed by atoms with Crippen molar-refractivity contribution < 1.29 is 4.74 Å². The Labute approximate surface area is 106 Å². The summed E-state index contributed by atoms with van der Waals surface area (Å²) in [5, 5.41) is 3.49. The largest absolute Gasteiger partial charge is 0.374 e. The van der Waals surface area contributed by atoms with Crippen LogP contribution in [0.3, 0.4) is 0 Å². The predicted octanol–water partition coefficient (Wildman–Crippen LogP) is 0.637. The highest BCUT2D eigenvalue weighted by Gasteiger charge is 2.18. The summed E-state index contributed by atoms with van der Waals surface area (Å²) in [5.74, 6) is 0. The molecule has 0 spiro atoms. The topological polar surface area (TPSA) is 27.7 Å². The van der Waals surface area contributed by atoms with Gasteiger partial charge in [0.15, 0.2) is 0 Å². The van der Waals surface area contributed by atoms with Crippen LogP contribution in [-0.4, -0.2) is 74.9 Å². The number of ether oxygens (including phenoxy) is 1. The molecule has 1 aliphatic rings. The van der Waals surface area contributed by atoms with Gasteiger partial charge in [0.05, 0.1) is 12.7 Å². The molecule has 0 aromatic heterocycles. The quantitative estimate of drug-likeness (QED) is 0.664. The Morgan fingerprint density at radius 1 is 1.47 bits per heavy atom. The Morgan fingerprint density at radius 3 is 2.88 bits per heavy atom. The summed E-state index contributed by atoms with van der Waals surface area (Å²) < 4.78 is 5.75. The molecule has 4 nitrogen and oxygen atoms in total. The van der Waals surface area contributed by atoms with E-state index in [0.29, 0.717) is 12.1 Å². The first-order chi connectivity index (χ1) is 8.13. The van der Waals surface area contributed by atoms with Gasteiger partial charge in [-0.15, -0.1) is 0 Å². The smallest absolute Gasteiger partial charge is 0.0826 e. The fourth-order valence-corrected chi connectivity index (χ4v) is 1.97. The van der Waals surface area contributed by atoms with Crippen LogP contribution in [0.5, 0.6) is 0 Å². The number of morpholine rings is 1. The Morgan fingerprint density at radius 2 is 2.24 bits per heavy atom. The summed E-state index contributed by atoms with van der Waals surface area (Å²) in [6.45, 7) is 14.0. The van der Waals surface area contributed by atoms with Gasteiger partial charge >= 0.3 is 0 Å². The summed E-state index contributed by atoms with van der Waals surface area (Å²) in [6, 6.07) is 0.623. The van der Waals surface area contributed by atoms with Crippen LogP contribution in [0.25, 0.3) is 0 Å². The van der Waals surface area contributed by atoms with Crippen molar-refractivity contribution in [1.29, 1.82) is 0 Å². The molecule has 0 saturated carbocycles. The number of rotatable bonds is 7. The van der Waals surface area contributed by atoms with Crippen LogP contribution in [0.1, 0.15) is 20.8 Å². The maximum atomic E-state index is 5.75. The van der Waals surface area contributed by atoms with Crippen molar-refractivity contribution in [2.24, 2.45) is 0 Å². The van der Waals surface area contributed by atoms with Gasteiger partial charge < -0.3 is 15.0 Å². The molecule has 1 rings (SSSR count). The van der Waals surface area contributed by atoms with Crippen molar-refractivity contribution >= 4 is 0 Å². The number of hydrogen-bond donors (Lipinski definition) is 1. The second kappa shape index (κ2) is 8.03. The van der Waals surface area contributed by atoms with Crippen LogP contribution in [0.15, 0.2) is 0 Å². The van der Waals surface area contributed by atoms with Crippen LogP contribution < -0.4 is 5.32 Å². The minimum Gasteiger partial charge on any atom is -0.374 e. The van der Waals surface area contributed by atoms with E-state index in [1.807, 2.05) is 0 Å². The average Bonchev–Trinajstić information content (AvgIpc) is 2.34. The van der Waals surface area contributed by atoms with Crippen molar-refractivity contribution in [2.75, 3.05) is 52.9 Å². The monoisotopic (exact) mass is 243 g/mol. The summed E-state index contributed by atoms with van der Waals surface area (Å²) in [5.41, 5.74) is 0. The Hall–Kier alpha value is -0.160. The van der Waals surface area contributed by atoms with E-state index in [1.165, 1.54) is 0 Å². The molecule has 4 heteroatoms. The van der Waals surface area contributed by atoms with Crippen molar-refractivity contribution in [3.05, 3.63) is 0 Å². The molecule has 1 saturated heterocycles. The third-order valence-electron chi connectivity index (χ3n) is 3.56. The lowest BCUT2D eigenvalue weighted by atomic mass is 10.2. The zero-order chi connectivity index (χ0) is 12.7. The number of nitrogens with one attached hydrogen (secondary N) is 1. The van der Waals surface area contributed by atoms with Crippen molar-refractivity contribution in [3.8, 4) is 0 Å². The molecule has 0 aromatic rings. The number of nitrogens with zero attached hydrogens (tertiary/aromatic N) is 2. The molecule has 0 radical (unpaired) electrons. The molecule has 1 N–H and O–H groups in total. The molecular formula is C13H29N3O. The van der Waals surface area contributed by atoms with Crippen LogP contribution >= 0.6 is 0 Å². The first-order valence-corrected chi connectivity index (χ1v) is 6.88. The highest BCUT2D eigenvalue weighted by molar-refractivity contribution is 4.72. The summed E-state index contributed by atoms with van der Waals surface area (Å²) >= 11 is 0. The summed E-state index contributed by atoms with van der Waals surface area (Å²) in [7, 11) is 2.17. The highest BCUT2D eigenvalue weighted by Crippen LogP contribution is 2.03. The van der Waals surface area contributed by atoms with E-state index < -0.39 is 0 Å². The predicted molar refractivity (Wildman–Crippen MR) is 72.5 cm³/mol. The zero-order valence-electron chi connectivity index (χ0n) is 11.9. The molecule has 0 amide bonds. The van der Waals surface area contributed by atoms with E-state index in [0.717, 1.165) is 45.9 Å². The molecular weight excluding hydrogens is 214 g/mol. The fraction of sp³-hybridized carbons (Fsp3) is 1.00. The standard InChI is InChI=1S/C13H29N3O/c1-5-16-8-9-17-13(11-16)10-14-6-7-15(4)12(2)3/h12-14H,5-11H2,1-4H3. The highest BCUT2D eigenvalue weighted by atomic mass is 16.5. The molecule has 0 bridgehead atoms. The van der Waals surface area contributed by atoms with Gasteiger partial charge in [-0.05, 0) is 27.4 Å². The lowest BCUT2D eigenvalue weighted by Gasteiger charge is -2.32. The van der Waals surface area contributed by atoms with Crippen molar-refractivity contribution in [3.63, 3.8) is 0 Å². The normalized spacial score (nSPS) is 22.6. The van der Waals surface area contributed by atoms with Gasteiger partial charge in [0.25, 0.3) is 0 Å². The summed E-state index contributed by atoms with van der Waals surface area (Å²) in [4.78, 5) is 4.81. The maximum absolute atomic E-state index is 5.75. The maximum Gasteiger partial charge on any atom is 0.0826 e. The fourth-order valence-electron chi connectivity index (χ4n) is 1.97. The third-order valence-corrected chi connectivity index (χ3v) is 3.56. The van der Waals surface area contributed by atoms with E-state index in [2.05, 4.69) is 42.9 Å². The number of hydrogen-bond acceptors (Lipinski definition) is 4. The zero-order valence-corrected chi connectivity index (χ0v) is 11.9. The van der Waals surface area contributed by atoms with E-state index in [4.69, 9.17) is 4.74 Å². The van der Waals surface area contributed by atoms with E-state index in [1.54, 1.807) is 0 Å². The van der Waals surface area contributed by atoms with Gasteiger partial charge in [-0.3, -0.25) is 4.90 Å². The van der Waals surface area contributed by atoms with Crippen LogP contribution in [0.4, 0.5) is 0 Å².